The molecule has 0 aliphatic rings. The second-order valence-corrected chi connectivity index (χ2v) is 12.8. The fourth-order valence-corrected chi connectivity index (χ4v) is 3.21. The summed E-state index contributed by atoms with van der Waals surface area (Å²) in [6, 6.07) is 0. The van der Waals surface area contributed by atoms with Gasteiger partial charge in [-0.05, 0) is 68.2 Å². The summed E-state index contributed by atoms with van der Waals surface area (Å²) in [5.74, 6) is 1.83. The molecule has 0 fully saturated rings. The Morgan fingerprint density at radius 1 is 1.00 bits per heavy atom. The molecule has 0 amide bonds. The molecule has 0 saturated carbocycles. The van der Waals surface area contributed by atoms with Crippen LogP contribution in [0.5, 0.6) is 0 Å². The standard InChI is InChI=1S/C17H39NOS/c1-17(2,3)15-18-12-9-7-8-10-16(14-19)11-13-20(4,5)6/h16,18-19H,7-15H2,1-6H3. The van der Waals surface area contributed by atoms with E-state index in [-0.39, 0.29) is 0 Å². The Kier molecular flexibility index (Phi) is 10.2. The van der Waals surface area contributed by atoms with Gasteiger partial charge in [0.15, 0.2) is 0 Å². The van der Waals surface area contributed by atoms with Gasteiger partial charge >= 0.3 is 0 Å². The normalized spacial score (nSPS) is 15.3. The van der Waals surface area contributed by atoms with E-state index in [1.54, 1.807) is 0 Å². The lowest BCUT2D eigenvalue weighted by molar-refractivity contribution is 0.212. The maximum absolute atomic E-state index is 9.45. The van der Waals surface area contributed by atoms with E-state index in [1.807, 2.05) is 0 Å². The average Bonchev–Trinajstić information content (AvgIpc) is 2.29. The van der Waals surface area contributed by atoms with Gasteiger partial charge < -0.3 is 10.4 Å². The molecule has 1 atom stereocenters. The molecule has 0 aromatic heterocycles. The zero-order valence-corrected chi connectivity index (χ0v) is 15.6. The molecule has 0 bridgehead atoms. The number of hydrogen-bond donors (Lipinski definition) is 2. The monoisotopic (exact) mass is 305 g/mol. The zero-order chi connectivity index (χ0) is 15.6. The minimum Gasteiger partial charge on any atom is -0.396 e. The van der Waals surface area contributed by atoms with Gasteiger partial charge in [-0.25, -0.2) is 10.0 Å². The third-order valence-corrected chi connectivity index (χ3v) is 4.98. The van der Waals surface area contributed by atoms with Crippen molar-refractivity contribution in [3.05, 3.63) is 0 Å². The van der Waals surface area contributed by atoms with E-state index in [4.69, 9.17) is 0 Å². The van der Waals surface area contributed by atoms with E-state index in [1.165, 1.54) is 37.9 Å². The van der Waals surface area contributed by atoms with Crippen molar-refractivity contribution >= 4 is 10.0 Å². The van der Waals surface area contributed by atoms with Crippen molar-refractivity contribution in [1.82, 2.24) is 5.32 Å². The van der Waals surface area contributed by atoms with Crippen molar-refractivity contribution in [2.24, 2.45) is 11.3 Å². The van der Waals surface area contributed by atoms with Gasteiger partial charge in [-0.1, -0.05) is 33.6 Å². The molecule has 0 rings (SSSR count). The van der Waals surface area contributed by atoms with Gasteiger partial charge in [-0.3, -0.25) is 0 Å². The number of unbranched alkanes of at least 4 members (excludes halogenated alkanes) is 2. The van der Waals surface area contributed by atoms with Crippen LogP contribution in [0.2, 0.25) is 0 Å². The summed E-state index contributed by atoms with van der Waals surface area (Å²) < 4.78 is 0. The molecule has 2 N–H and O–H groups in total. The highest BCUT2D eigenvalue weighted by Crippen LogP contribution is 2.36. The van der Waals surface area contributed by atoms with Crippen molar-refractivity contribution in [2.75, 3.05) is 44.2 Å². The number of rotatable bonds is 11. The molecule has 1 unspecified atom stereocenters. The van der Waals surface area contributed by atoms with Crippen LogP contribution in [0.4, 0.5) is 0 Å². The first-order valence-electron chi connectivity index (χ1n) is 8.12. The molecule has 3 heteroatoms. The lowest BCUT2D eigenvalue weighted by Gasteiger charge is -2.27. The first-order valence-corrected chi connectivity index (χ1v) is 11.1. The van der Waals surface area contributed by atoms with E-state index in [0.717, 1.165) is 13.1 Å². The van der Waals surface area contributed by atoms with Gasteiger partial charge in [0, 0.05) is 6.61 Å². The first-order chi connectivity index (χ1) is 9.14. The zero-order valence-electron chi connectivity index (χ0n) is 14.8. The highest BCUT2D eigenvalue weighted by Gasteiger charge is 2.11. The second kappa shape index (κ2) is 10.1. The summed E-state index contributed by atoms with van der Waals surface area (Å²) in [5.41, 5.74) is 0.386. The number of nitrogens with one attached hydrogen (secondary N) is 1. The molecule has 2 nitrogen and oxygen atoms in total. The van der Waals surface area contributed by atoms with Crippen LogP contribution in [0, 0.1) is 11.3 Å². The van der Waals surface area contributed by atoms with Crippen LogP contribution in [0.3, 0.4) is 0 Å². The number of aliphatic hydroxyl groups is 1. The van der Waals surface area contributed by atoms with E-state index in [9.17, 15) is 5.11 Å². The molecule has 0 aromatic rings. The summed E-state index contributed by atoms with van der Waals surface area (Å²) in [7, 11) is -0.407. The fourth-order valence-electron chi connectivity index (χ4n) is 2.17. The van der Waals surface area contributed by atoms with Crippen LogP contribution < -0.4 is 5.32 Å². The van der Waals surface area contributed by atoms with Gasteiger partial charge in [-0.15, -0.1) is 0 Å². The topological polar surface area (TPSA) is 32.3 Å². The van der Waals surface area contributed by atoms with E-state index in [0.29, 0.717) is 17.9 Å². The number of aliphatic hydroxyl groups excluding tert-OH is 1. The smallest absolute Gasteiger partial charge is 0.0459 e. The van der Waals surface area contributed by atoms with Crippen LogP contribution >= 0.6 is 10.0 Å². The van der Waals surface area contributed by atoms with E-state index < -0.39 is 10.0 Å². The highest BCUT2D eigenvalue weighted by molar-refractivity contribution is 8.32. The molecule has 0 spiro atoms. The van der Waals surface area contributed by atoms with Crippen LogP contribution in [0.15, 0.2) is 0 Å². The average molecular weight is 306 g/mol. The van der Waals surface area contributed by atoms with Gasteiger partial charge in [-0.2, -0.15) is 0 Å². The predicted octanol–water partition coefficient (Wildman–Crippen LogP) is 3.88. The minimum atomic E-state index is -0.407. The van der Waals surface area contributed by atoms with Gasteiger partial charge in [0.1, 0.15) is 0 Å². The molecule has 0 saturated heterocycles. The third kappa shape index (κ3) is 14.7. The number of hydrogen-bond acceptors (Lipinski definition) is 2. The molecule has 124 valence electrons. The second-order valence-electron chi connectivity index (χ2n) is 8.22. The molecular formula is C17H39NOS. The van der Waals surface area contributed by atoms with Crippen LogP contribution in [0.25, 0.3) is 0 Å². The third-order valence-electron chi connectivity index (χ3n) is 3.52. The largest absolute Gasteiger partial charge is 0.396 e. The summed E-state index contributed by atoms with van der Waals surface area (Å²) in [6.07, 6.45) is 13.3. The summed E-state index contributed by atoms with van der Waals surface area (Å²) in [6.45, 7) is 9.40. The fraction of sp³-hybridized carbons (Fsp3) is 1.00. The highest BCUT2D eigenvalue weighted by atomic mass is 32.3. The molecule has 0 aliphatic heterocycles. The van der Waals surface area contributed by atoms with Gasteiger partial charge in [0.2, 0.25) is 0 Å². The lowest BCUT2D eigenvalue weighted by atomic mass is 9.97. The van der Waals surface area contributed by atoms with Crippen molar-refractivity contribution in [1.29, 1.82) is 0 Å². The molecule has 0 radical (unpaired) electrons. The van der Waals surface area contributed by atoms with Crippen molar-refractivity contribution in [3.63, 3.8) is 0 Å². The lowest BCUT2D eigenvalue weighted by Crippen LogP contribution is -2.27. The van der Waals surface area contributed by atoms with Crippen LogP contribution in [-0.4, -0.2) is 49.3 Å². The van der Waals surface area contributed by atoms with E-state index in [2.05, 4.69) is 44.9 Å². The molecule has 20 heavy (non-hydrogen) atoms. The van der Waals surface area contributed by atoms with Crippen LogP contribution in [-0.2, 0) is 0 Å². The summed E-state index contributed by atoms with van der Waals surface area (Å²) in [5, 5.41) is 13.0. The molecule has 0 aliphatic carbocycles. The SMILES string of the molecule is CC(C)(C)CNCCCCCC(CO)CCS(C)(C)C. The quantitative estimate of drug-likeness (QED) is 0.568. The minimum absolute atomic E-state index is 0.373. The Bertz CT molecular complexity index is 230. The Balaban J connectivity index is 3.52. The molecular weight excluding hydrogens is 266 g/mol. The maximum Gasteiger partial charge on any atom is 0.0459 e. The Labute approximate surface area is 129 Å². The first kappa shape index (κ1) is 20.3. The van der Waals surface area contributed by atoms with Gasteiger partial charge in [0.05, 0.1) is 0 Å². The Morgan fingerprint density at radius 3 is 2.15 bits per heavy atom. The summed E-state index contributed by atoms with van der Waals surface area (Å²) >= 11 is 0. The maximum atomic E-state index is 9.45. The molecule has 0 heterocycles. The van der Waals surface area contributed by atoms with Crippen LogP contribution in [0.1, 0.15) is 52.9 Å². The Morgan fingerprint density at radius 2 is 1.65 bits per heavy atom. The molecule has 0 aromatic carbocycles. The van der Waals surface area contributed by atoms with Gasteiger partial charge in [0.25, 0.3) is 0 Å². The van der Waals surface area contributed by atoms with Crippen molar-refractivity contribution < 1.29 is 5.11 Å². The summed E-state index contributed by atoms with van der Waals surface area (Å²) in [4.78, 5) is 0. The van der Waals surface area contributed by atoms with Crippen molar-refractivity contribution in [3.8, 4) is 0 Å². The van der Waals surface area contributed by atoms with E-state index >= 15 is 0 Å². The van der Waals surface area contributed by atoms with Crippen molar-refractivity contribution in [2.45, 2.75) is 52.9 Å². The Hall–Kier alpha value is 0.270. The predicted molar refractivity (Wildman–Crippen MR) is 96.2 cm³/mol.